The minimum atomic E-state index is -3.70. The van der Waals surface area contributed by atoms with E-state index in [1.165, 1.54) is 27.8 Å². The highest BCUT2D eigenvalue weighted by Crippen LogP contribution is 2.25. The minimum Gasteiger partial charge on any atom is -0.296 e. The van der Waals surface area contributed by atoms with Crippen LogP contribution in [0.5, 0.6) is 0 Å². The Balaban J connectivity index is 1.76. The fourth-order valence-electron chi connectivity index (χ4n) is 3.22. The Labute approximate surface area is 170 Å². The van der Waals surface area contributed by atoms with Crippen LogP contribution in [-0.4, -0.2) is 41.9 Å². The van der Waals surface area contributed by atoms with Crippen molar-refractivity contribution in [3.63, 3.8) is 0 Å². The van der Waals surface area contributed by atoms with Crippen LogP contribution < -0.4 is 5.32 Å². The van der Waals surface area contributed by atoms with Crippen molar-refractivity contribution in [2.75, 3.05) is 18.4 Å². The van der Waals surface area contributed by atoms with Gasteiger partial charge in [0.1, 0.15) is 5.01 Å². The van der Waals surface area contributed by atoms with E-state index >= 15 is 0 Å². The van der Waals surface area contributed by atoms with Gasteiger partial charge < -0.3 is 0 Å². The molecular formula is C19H26N4O3S2. The van der Waals surface area contributed by atoms with Gasteiger partial charge in [-0.15, -0.1) is 10.2 Å². The van der Waals surface area contributed by atoms with Crippen LogP contribution in [-0.2, 0) is 16.4 Å². The van der Waals surface area contributed by atoms with Crippen LogP contribution in [0.15, 0.2) is 29.2 Å². The Bertz CT molecular complexity index is 905. The number of unbranched alkanes of at least 4 members (excludes halogenated alkanes) is 2. The molecule has 28 heavy (non-hydrogen) atoms. The number of hydrogen-bond donors (Lipinski definition) is 1. The monoisotopic (exact) mass is 422 g/mol. The predicted octanol–water partition coefficient (Wildman–Crippen LogP) is 3.70. The number of carbonyl (C=O) groups excluding carboxylic acids is 1. The number of piperidine rings is 1. The number of nitrogens with zero attached hydrogens (tertiary/aromatic N) is 3. The highest BCUT2D eigenvalue weighted by molar-refractivity contribution is 7.89. The van der Waals surface area contributed by atoms with Crippen molar-refractivity contribution < 1.29 is 13.2 Å². The van der Waals surface area contributed by atoms with E-state index in [9.17, 15) is 13.2 Å². The molecule has 1 N–H and O–H groups in total. The molecule has 2 aromatic rings. The lowest BCUT2D eigenvalue weighted by Crippen LogP contribution is -2.36. The first-order chi connectivity index (χ1) is 13.5. The third kappa shape index (κ3) is 4.95. The molecule has 2 heterocycles. The van der Waals surface area contributed by atoms with Crippen LogP contribution in [0.4, 0.5) is 5.13 Å². The van der Waals surface area contributed by atoms with Crippen molar-refractivity contribution >= 4 is 32.4 Å². The van der Waals surface area contributed by atoms with E-state index in [1.54, 1.807) is 12.1 Å². The quantitative estimate of drug-likeness (QED) is 0.655. The lowest BCUT2D eigenvalue weighted by Gasteiger charge is -2.26. The molecule has 1 saturated heterocycles. The molecule has 1 aromatic carbocycles. The van der Waals surface area contributed by atoms with Gasteiger partial charge in [0.25, 0.3) is 5.91 Å². The number of aromatic nitrogens is 2. The molecule has 1 aliphatic heterocycles. The maximum Gasteiger partial charge on any atom is 0.258 e. The SMILES string of the molecule is CCCCCc1nnc(NC(=O)c2ccccc2S(=O)(=O)N2CCCCC2)s1. The number of nitrogens with one attached hydrogen (secondary N) is 1. The molecule has 1 amide bonds. The third-order valence-electron chi connectivity index (χ3n) is 4.75. The second-order valence-corrected chi connectivity index (χ2v) is 9.84. The molecule has 1 fully saturated rings. The molecule has 3 rings (SSSR count). The zero-order valence-corrected chi connectivity index (χ0v) is 17.7. The average Bonchev–Trinajstić information content (AvgIpc) is 3.16. The van der Waals surface area contributed by atoms with E-state index in [4.69, 9.17) is 0 Å². The van der Waals surface area contributed by atoms with E-state index in [0.29, 0.717) is 18.2 Å². The normalized spacial score (nSPS) is 15.5. The Morgan fingerprint density at radius 1 is 1.14 bits per heavy atom. The fourth-order valence-corrected chi connectivity index (χ4v) is 5.70. The first-order valence-corrected chi connectivity index (χ1v) is 12.0. The molecule has 7 nitrogen and oxygen atoms in total. The molecule has 0 unspecified atom stereocenters. The van der Waals surface area contributed by atoms with Crippen molar-refractivity contribution in [1.82, 2.24) is 14.5 Å². The van der Waals surface area contributed by atoms with Crippen molar-refractivity contribution in [1.29, 1.82) is 0 Å². The Hall–Kier alpha value is -1.84. The number of aryl methyl sites for hydroxylation is 1. The fraction of sp³-hybridized carbons (Fsp3) is 0.526. The van der Waals surface area contributed by atoms with Crippen molar-refractivity contribution in [3.05, 3.63) is 34.8 Å². The van der Waals surface area contributed by atoms with Crippen LogP contribution >= 0.6 is 11.3 Å². The number of hydrogen-bond acceptors (Lipinski definition) is 6. The van der Waals surface area contributed by atoms with Gasteiger partial charge in [0, 0.05) is 19.5 Å². The highest BCUT2D eigenvalue weighted by Gasteiger charge is 2.30. The van der Waals surface area contributed by atoms with E-state index in [2.05, 4.69) is 22.4 Å². The van der Waals surface area contributed by atoms with Crippen LogP contribution in [0.3, 0.4) is 0 Å². The Morgan fingerprint density at radius 2 is 1.89 bits per heavy atom. The summed E-state index contributed by atoms with van der Waals surface area (Å²) in [5, 5.41) is 12.1. The van der Waals surface area contributed by atoms with Gasteiger partial charge in [0.2, 0.25) is 15.2 Å². The summed E-state index contributed by atoms with van der Waals surface area (Å²) < 4.78 is 27.5. The summed E-state index contributed by atoms with van der Waals surface area (Å²) in [6.45, 7) is 3.13. The second kappa shape index (κ2) is 9.58. The summed E-state index contributed by atoms with van der Waals surface area (Å²) >= 11 is 1.33. The molecule has 152 valence electrons. The van der Waals surface area contributed by atoms with E-state index < -0.39 is 15.9 Å². The molecule has 0 radical (unpaired) electrons. The second-order valence-electron chi connectivity index (χ2n) is 6.87. The standard InChI is InChI=1S/C19H26N4O3S2/c1-2-3-5-12-17-21-22-19(27-17)20-18(24)15-10-6-7-11-16(15)28(25,26)23-13-8-4-9-14-23/h6-7,10-11H,2-5,8-9,12-14H2,1H3,(H,20,22,24). The zero-order valence-electron chi connectivity index (χ0n) is 16.1. The molecule has 9 heteroatoms. The smallest absolute Gasteiger partial charge is 0.258 e. The van der Waals surface area contributed by atoms with E-state index in [1.807, 2.05) is 0 Å². The molecule has 1 aliphatic rings. The lowest BCUT2D eigenvalue weighted by molar-refractivity contribution is 0.102. The van der Waals surface area contributed by atoms with Crippen molar-refractivity contribution in [2.45, 2.75) is 56.8 Å². The van der Waals surface area contributed by atoms with Gasteiger partial charge in [-0.25, -0.2) is 8.42 Å². The van der Waals surface area contributed by atoms with Crippen LogP contribution in [0, 0.1) is 0 Å². The van der Waals surface area contributed by atoms with Gasteiger partial charge >= 0.3 is 0 Å². The van der Waals surface area contributed by atoms with Gasteiger partial charge in [0.15, 0.2) is 0 Å². The highest BCUT2D eigenvalue weighted by atomic mass is 32.2. The first-order valence-electron chi connectivity index (χ1n) is 9.75. The van der Waals surface area contributed by atoms with Crippen LogP contribution in [0.25, 0.3) is 0 Å². The molecule has 0 saturated carbocycles. The summed E-state index contributed by atoms with van der Waals surface area (Å²) in [6.07, 6.45) is 6.86. The first kappa shape index (κ1) is 20.9. The van der Waals surface area contributed by atoms with Gasteiger partial charge in [-0.05, 0) is 31.4 Å². The maximum absolute atomic E-state index is 13.0. The van der Waals surface area contributed by atoms with Gasteiger partial charge in [-0.2, -0.15) is 4.31 Å². The number of amides is 1. The van der Waals surface area contributed by atoms with Gasteiger partial charge in [0.05, 0.1) is 10.5 Å². The number of carbonyl (C=O) groups is 1. The minimum absolute atomic E-state index is 0.0436. The molecule has 0 bridgehead atoms. The molecule has 1 aromatic heterocycles. The largest absolute Gasteiger partial charge is 0.296 e. The predicted molar refractivity (Wildman–Crippen MR) is 110 cm³/mol. The lowest BCUT2D eigenvalue weighted by atomic mass is 10.2. The third-order valence-corrected chi connectivity index (χ3v) is 7.60. The molecule has 0 aliphatic carbocycles. The van der Waals surface area contributed by atoms with Crippen molar-refractivity contribution in [2.24, 2.45) is 0 Å². The average molecular weight is 423 g/mol. The molecular weight excluding hydrogens is 396 g/mol. The Kier molecular flexibility index (Phi) is 7.14. The zero-order chi connectivity index (χ0) is 20.0. The maximum atomic E-state index is 13.0. The van der Waals surface area contributed by atoms with Crippen LogP contribution in [0.1, 0.15) is 60.8 Å². The molecule has 0 atom stereocenters. The summed E-state index contributed by atoms with van der Waals surface area (Å²) in [5.41, 5.74) is 0.135. The number of sulfonamides is 1. The summed E-state index contributed by atoms with van der Waals surface area (Å²) in [6, 6.07) is 6.34. The Morgan fingerprint density at radius 3 is 2.64 bits per heavy atom. The van der Waals surface area contributed by atoms with Gasteiger partial charge in [-0.1, -0.05) is 49.7 Å². The number of benzene rings is 1. The van der Waals surface area contributed by atoms with Crippen molar-refractivity contribution in [3.8, 4) is 0 Å². The number of rotatable bonds is 8. The topological polar surface area (TPSA) is 92.3 Å². The van der Waals surface area contributed by atoms with E-state index in [0.717, 1.165) is 50.0 Å². The number of anilines is 1. The van der Waals surface area contributed by atoms with Gasteiger partial charge in [-0.3, -0.25) is 10.1 Å². The summed E-state index contributed by atoms with van der Waals surface area (Å²) in [7, 11) is -3.70. The van der Waals surface area contributed by atoms with E-state index in [-0.39, 0.29) is 10.5 Å². The molecule has 0 spiro atoms. The summed E-state index contributed by atoms with van der Waals surface area (Å²) in [5.74, 6) is -0.479. The van der Waals surface area contributed by atoms with Crippen LogP contribution in [0.2, 0.25) is 0 Å². The summed E-state index contributed by atoms with van der Waals surface area (Å²) in [4.78, 5) is 12.8.